The van der Waals surface area contributed by atoms with Gasteiger partial charge in [0, 0.05) is 38.9 Å². The van der Waals surface area contributed by atoms with Gasteiger partial charge in [0.15, 0.2) is 0 Å². The van der Waals surface area contributed by atoms with E-state index in [2.05, 4.69) is 21.5 Å². The zero-order valence-corrected chi connectivity index (χ0v) is 19.8. The summed E-state index contributed by atoms with van der Waals surface area (Å²) in [6, 6.07) is 0. The number of nitrogens with one attached hydrogen (secondary N) is 4. The summed E-state index contributed by atoms with van der Waals surface area (Å²) in [4.78, 5) is 32.6. The lowest BCUT2D eigenvalue weighted by Gasteiger charge is -2.16. The van der Waals surface area contributed by atoms with Crippen LogP contribution < -0.4 is 21.5 Å². The van der Waals surface area contributed by atoms with Crippen LogP contribution in [0.1, 0.15) is 77.0 Å². The van der Waals surface area contributed by atoms with Gasteiger partial charge < -0.3 is 26.0 Å². The highest BCUT2D eigenvalue weighted by atomic mass is 16.4. The third-order valence-electron chi connectivity index (χ3n) is 6.31. The van der Waals surface area contributed by atoms with Crippen molar-refractivity contribution < 1.29 is 29.7 Å². The van der Waals surface area contributed by atoms with Gasteiger partial charge in [-0.3, -0.25) is 19.8 Å². The summed E-state index contributed by atoms with van der Waals surface area (Å²) >= 11 is 0. The molecule has 0 aromatic carbocycles. The van der Waals surface area contributed by atoms with Crippen molar-refractivity contribution in [3.05, 3.63) is 0 Å². The Morgan fingerprint density at radius 3 is 1.42 bits per heavy atom. The number of rotatable bonds is 6. The maximum absolute atomic E-state index is 10.9. The van der Waals surface area contributed by atoms with Crippen molar-refractivity contribution in [3.8, 4) is 0 Å². The highest BCUT2D eigenvalue weighted by molar-refractivity contribution is 5.68. The van der Waals surface area contributed by atoms with Crippen molar-refractivity contribution in [1.29, 1.82) is 0 Å². The van der Waals surface area contributed by atoms with Gasteiger partial charge in [0.2, 0.25) is 0 Å². The SMILES string of the molecule is C1CCNCCNCNNCC1.O=C(O)CC1CCC(CC(=O)O)CCC(CC(=O)O)CC1. The van der Waals surface area contributed by atoms with Crippen molar-refractivity contribution in [1.82, 2.24) is 21.5 Å². The summed E-state index contributed by atoms with van der Waals surface area (Å²) in [5, 5.41) is 33.5. The molecule has 1 heterocycles. The topological polar surface area (TPSA) is 160 Å². The molecule has 1 aliphatic heterocycles. The summed E-state index contributed by atoms with van der Waals surface area (Å²) in [5.74, 6) is -2.47. The first kappa shape index (κ1) is 29.3. The first-order chi connectivity index (χ1) is 15.9. The van der Waals surface area contributed by atoms with Crippen LogP contribution in [0, 0.1) is 17.8 Å². The molecule has 0 radical (unpaired) electrons. The predicted octanol–water partition coefficient (Wildman–Crippen LogP) is 2.01. The summed E-state index contributed by atoms with van der Waals surface area (Å²) < 4.78 is 0. The number of hydrogen-bond acceptors (Lipinski definition) is 7. The van der Waals surface area contributed by atoms with Crippen LogP contribution in [0.4, 0.5) is 0 Å². The van der Waals surface area contributed by atoms with E-state index in [-0.39, 0.29) is 37.0 Å². The van der Waals surface area contributed by atoms with E-state index in [1.807, 2.05) is 0 Å². The molecule has 0 amide bonds. The summed E-state index contributed by atoms with van der Waals surface area (Å²) in [5.41, 5.74) is 6.28. The second kappa shape index (κ2) is 18.7. The molecule has 0 aromatic heterocycles. The molecule has 0 aromatic rings. The lowest BCUT2D eigenvalue weighted by molar-refractivity contribution is -0.139. The maximum Gasteiger partial charge on any atom is 0.303 e. The molecule has 10 heteroatoms. The van der Waals surface area contributed by atoms with Crippen molar-refractivity contribution in [2.24, 2.45) is 17.8 Å². The second-order valence-corrected chi connectivity index (χ2v) is 9.21. The summed E-state index contributed by atoms with van der Waals surface area (Å²) in [6.07, 6.45) is 8.39. The van der Waals surface area contributed by atoms with E-state index in [1.54, 1.807) is 0 Å². The van der Waals surface area contributed by atoms with Gasteiger partial charge in [-0.15, -0.1) is 0 Å². The quantitative estimate of drug-likeness (QED) is 0.305. The lowest BCUT2D eigenvalue weighted by Crippen LogP contribution is -2.42. The van der Waals surface area contributed by atoms with Crippen LogP contribution in [-0.2, 0) is 14.4 Å². The molecule has 7 N–H and O–H groups in total. The molecular formula is C23H44N4O6. The highest BCUT2D eigenvalue weighted by Crippen LogP contribution is 2.32. The summed E-state index contributed by atoms with van der Waals surface area (Å²) in [7, 11) is 0. The van der Waals surface area contributed by atoms with Gasteiger partial charge in [0.25, 0.3) is 0 Å². The van der Waals surface area contributed by atoms with Gasteiger partial charge in [0.1, 0.15) is 0 Å². The standard InChI is InChI=1S/C15H24O6.C8H20N4/c16-13(17)7-10-1-2-11(8-14(18)19)5-6-12(4-3-10)9-15(20)21;1-2-4-9-6-7-10-8-12-11-5-3-1/h10-12H,1-9H2,(H,16,17)(H,18,19)(H,20,21);9-12H,1-8H2. The zero-order valence-electron chi connectivity index (χ0n) is 19.8. The number of carbonyl (C=O) groups is 3. The Kier molecular flexibility index (Phi) is 16.6. The van der Waals surface area contributed by atoms with E-state index < -0.39 is 17.9 Å². The minimum atomic E-state index is -0.844. The van der Waals surface area contributed by atoms with Crippen molar-refractivity contribution in [2.45, 2.75) is 77.0 Å². The van der Waals surface area contributed by atoms with Crippen molar-refractivity contribution in [3.63, 3.8) is 0 Å². The Labute approximate surface area is 197 Å². The van der Waals surface area contributed by atoms with E-state index in [1.165, 1.54) is 19.3 Å². The molecule has 2 fully saturated rings. The molecule has 1 saturated heterocycles. The lowest BCUT2D eigenvalue weighted by atomic mass is 9.89. The Morgan fingerprint density at radius 2 is 0.970 bits per heavy atom. The number of aliphatic carboxylic acids is 3. The number of hydrogen-bond donors (Lipinski definition) is 7. The predicted molar refractivity (Wildman–Crippen MR) is 126 cm³/mol. The Bertz CT molecular complexity index is 451. The average molecular weight is 473 g/mol. The molecule has 10 nitrogen and oxygen atoms in total. The first-order valence-electron chi connectivity index (χ1n) is 12.4. The third kappa shape index (κ3) is 17.4. The van der Waals surface area contributed by atoms with E-state index >= 15 is 0 Å². The minimum absolute atomic E-state index is 0.0215. The van der Waals surface area contributed by atoms with Crippen LogP contribution in [0.5, 0.6) is 0 Å². The van der Waals surface area contributed by atoms with Crippen LogP contribution in [-0.4, -0.2) is 66.1 Å². The fourth-order valence-corrected chi connectivity index (χ4v) is 4.44. The Morgan fingerprint density at radius 1 is 0.545 bits per heavy atom. The number of carboxylic acids is 3. The molecule has 0 spiro atoms. The zero-order chi connectivity index (χ0) is 24.3. The van der Waals surface area contributed by atoms with E-state index in [0.29, 0.717) is 38.5 Å². The molecule has 0 unspecified atom stereocenters. The van der Waals surface area contributed by atoms with Crippen LogP contribution in [0.3, 0.4) is 0 Å². The number of carboxylic acid groups (broad SMARTS) is 3. The molecule has 2 aliphatic rings. The molecule has 2 rings (SSSR count). The van der Waals surface area contributed by atoms with Crippen LogP contribution >= 0.6 is 0 Å². The van der Waals surface area contributed by atoms with Crippen LogP contribution in [0.15, 0.2) is 0 Å². The average Bonchev–Trinajstić information content (AvgIpc) is 2.80. The number of hydrazine groups is 1. The van der Waals surface area contributed by atoms with Crippen molar-refractivity contribution in [2.75, 3.05) is 32.8 Å². The van der Waals surface area contributed by atoms with E-state index in [0.717, 1.165) is 32.8 Å². The maximum atomic E-state index is 10.9. The van der Waals surface area contributed by atoms with Gasteiger partial charge >= 0.3 is 17.9 Å². The smallest absolute Gasteiger partial charge is 0.303 e. The highest BCUT2D eigenvalue weighted by Gasteiger charge is 2.24. The monoisotopic (exact) mass is 472 g/mol. The molecule has 0 bridgehead atoms. The minimum Gasteiger partial charge on any atom is -0.481 e. The van der Waals surface area contributed by atoms with Crippen LogP contribution in [0.2, 0.25) is 0 Å². The molecule has 1 saturated carbocycles. The van der Waals surface area contributed by atoms with Gasteiger partial charge in [0.05, 0.1) is 6.67 Å². The summed E-state index contributed by atoms with van der Waals surface area (Å²) in [6.45, 7) is 5.19. The van der Waals surface area contributed by atoms with E-state index in [9.17, 15) is 14.4 Å². The molecule has 1 aliphatic carbocycles. The first-order valence-corrected chi connectivity index (χ1v) is 12.4. The molecular weight excluding hydrogens is 428 g/mol. The molecule has 192 valence electrons. The Balaban J connectivity index is 0.000000383. The van der Waals surface area contributed by atoms with Gasteiger partial charge in [-0.1, -0.05) is 6.42 Å². The fourth-order valence-electron chi connectivity index (χ4n) is 4.44. The van der Waals surface area contributed by atoms with Gasteiger partial charge in [-0.05, 0) is 75.7 Å². The second-order valence-electron chi connectivity index (χ2n) is 9.21. The van der Waals surface area contributed by atoms with Crippen molar-refractivity contribution >= 4 is 17.9 Å². The third-order valence-corrected chi connectivity index (χ3v) is 6.31. The fraction of sp³-hybridized carbons (Fsp3) is 0.870. The molecule has 0 atom stereocenters. The Hall–Kier alpha value is -1.75. The van der Waals surface area contributed by atoms with Crippen LogP contribution in [0.25, 0.3) is 0 Å². The normalized spacial score (nSPS) is 26.0. The molecule has 33 heavy (non-hydrogen) atoms. The van der Waals surface area contributed by atoms with E-state index in [4.69, 9.17) is 15.3 Å². The van der Waals surface area contributed by atoms with Gasteiger partial charge in [-0.25, -0.2) is 5.43 Å². The van der Waals surface area contributed by atoms with Gasteiger partial charge in [-0.2, -0.15) is 0 Å². The largest absolute Gasteiger partial charge is 0.481 e.